The van der Waals surface area contributed by atoms with E-state index in [1.165, 1.54) is 0 Å². The van der Waals surface area contributed by atoms with Gasteiger partial charge in [0.15, 0.2) is 11.2 Å². The van der Waals surface area contributed by atoms with Gasteiger partial charge in [-0.3, -0.25) is 18.9 Å². The molecule has 1 fully saturated rings. The SMILES string of the molecule is Nc1nc2c(ncn2[C@@]2(P(=O)(O)O)CC(F)[C@@H](CO)O2)c(=O)[nH]1. The molecular weight excluding hydrogens is 336 g/mol. The average Bonchev–Trinajstić information content (AvgIpc) is 2.99. The zero-order chi connectivity index (χ0) is 17.0. The number of nitrogens with two attached hydrogens (primary N) is 1. The van der Waals surface area contributed by atoms with Gasteiger partial charge in [0.05, 0.1) is 6.61 Å². The number of nitrogens with zero attached hydrogens (tertiary/aromatic N) is 3. The van der Waals surface area contributed by atoms with Crippen LogP contribution in [0.5, 0.6) is 0 Å². The molecule has 0 aromatic carbocycles. The number of hydrogen-bond donors (Lipinski definition) is 5. The van der Waals surface area contributed by atoms with E-state index in [0.717, 1.165) is 10.9 Å². The van der Waals surface area contributed by atoms with Crippen LogP contribution in [0.4, 0.5) is 10.3 Å². The minimum absolute atomic E-state index is 0.238. The standard InChI is InChI=1S/C10H13FN5O6P/c11-4-1-10(23(19,20)21,22-5(4)2-17)16-3-13-6-7(16)14-9(12)15-8(6)18/h3-5,17H,1-2H2,(H2,19,20,21)(H3,12,14,15,18)/t4?,5-,10+/m1/s1. The number of alkyl halides is 1. The molecule has 1 aliphatic heterocycles. The summed E-state index contributed by atoms with van der Waals surface area (Å²) in [6.07, 6.45) is -3.09. The maximum Gasteiger partial charge on any atom is 0.378 e. The van der Waals surface area contributed by atoms with E-state index in [-0.39, 0.29) is 17.1 Å². The highest BCUT2D eigenvalue weighted by molar-refractivity contribution is 7.52. The van der Waals surface area contributed by atoms with E-state index in [9.17, 15) is 23.5 Å². The second-order valence-electron chi connectivity index (χ2n) is 5.08. The molecule has 2 aromatic heterocycles. The Morgan fingerprint density at radius 3 is 2.87 bits per heavy atom. The smallest absolute Gasteiger partial charge is 0.378 e. The lowest BCUT2D eigenvalue weighted by atomic mass is 10.2. The van der Waals surface area contributed by atoms with Gasteiger partial charge in [-0.15, -0.1) is 0 Å². The van der Waals surface area contributed by atoms with Gasteiger partial charge in [0.25, 0.3) is 11.0 Å². The van der Waals surface area contributed by atoms with Crippen molar-refractivity contribution in [3.05, 3.63) is 16.7 Å². The Bertz CT molecular complexity index is 863. The van der Waals surface area contributed by atoms with Crippen LogP contribution in [0, 0.1) is 0 Å². The van der Waals surface area contributed by atoms with Crippen molar-refractivity contribution in [2.75, 3.05) is 12.3 Å². The Morgan fingerprint density at radius 1 is 1.61 bits per heavy atom. The molecule has 0 aliphatic carbocycles. The van der Waals surface area contributed by atoms with Crippen molar-refractivity contribution in [3.8, 4) is 0 Å². The number of aromatic nitrogens is 4. The molecule has 0 saturated carbocycles. The van der Waals surface area contributed by atoms with Crippen LogP contribution < -0.4 is 11.3 Å². The molecule has 0 bridgehead atoms. The zero-order valence-electron chi connectivity index (χ0n) is 11.5. The summed E-state index contributed by atoms with van der Waals surface area (Å²) in [4.78, 5) is 40.9. The van der Waals surface area contributed by atoms with E-state index in [1.54, 1.807) is 0 Å². The van der Waals surface area contributed by atoms with Gasteiger partial charge in [-0.25, -0.2) is 9.37 Å². The van der Waals surface area contributed by atoms with Crippen LogP contribution in [0.25, 0.3) is 11.2 Å². The first-order valence-corrected chi connectivity index (χ1v) is 8.02. The molecule has 1 unspecified atom stereocenters. The molecule has 3 rings (SSSR count). The molecule has 6 N–H and O–H groups in total. The quantitative estimate of drug-likeness (QED) is 0.417. The monoisotopic (exact) mass is 349 g/mol. The highest BCUT2D eigenvalue weighted by Gasteiger charge is 2.60. The zero-order valence-corrected chi connectivity index (χ0v) is 12.4. The Morgan fingerprint density at radius 2 is 2.30 bits per heavy atom. The fraction of sp³-hybridized carbons (Fsp3) is 0.500. The molecule has 0 radical (unpaired) electrons. The van der Waals surface area contributed by atoms with Crippen LogP contribution in [0.1, 0.15) is 6.42 Å². The molecule has 0 spiro atoms. The maximum atomic E-state index is 14.0. The number of nitrogens with one attached hydrogen (secondary N) is 1. The van der Waals surface area contributed by atoms with Crippen LogP contribution in [0.15, 0.2) is 11.1 Å². The van der Waals surface area contributed by atoms with Crippen molar-refractivity contribution >= 4 is 24.7 Å². The van der Waals surface area contributed by atoms with Gasteiger partial charge < -0.3 is 25.4 Å². The summed E-state index contributed by atoms with van der Waals surface area (Å²) < 4.78 is 31.9. The molecule has 126 valence electrons. The fourth-order valence-electron chi connectivity index (χ4n) is 2.57. The van der Waals surface area contributed by atoms with Gasteiger partial charge in [0.1, 0.15) is 18.6 Å². The number of H-pyrrole nitrogens is 1. The topological polar surface area (TPSA) is 177 Å². The van der Waals surface area contributed by atoms with Crippen LogP contribution in [-0.2, 0) is 14.8 Å². The molecule has 1 aliphatic rings. The Kier molecular flexibility index (Phi) is 3.54. The van der Waals surface area contributed by atoms with E-state index in [0.29, 0.717) is 0 Å². The summed E-state index contributed by atoms with van der Waals surface area (Å²) >= 11 is 0. The van der Waals surface area contributed by atoms with Crippen LogP contribution in [0.3, 0.4) is 0 Å². The molecule has 11 nitrogen and oxygen atoms in total. The highest BCUT2D eigenvalue weighted by atomic mass is 31.2. The van der Waals surface area contributed by atoms with Crippen molar-refractivity contribution < 1.29 is 28.6 Å². The highest BCUT2D eigenvalue weighted by Crippen LogP contribution is 2.61. The molecule has 23 heavy (non-hydrogen) atoms. The number of imidazole rings is 1. The summed E-state index contributed by atoms with van der Waals surface area (Å²) in [6.45, 7) is -0.772. The largest absolute Gasteiger partial charge is 0.394 e. The number of hydrogen-bond acceptors (Lipinski definition) is 7. The van der Waals surface area contributed by atoms with E-state index >= 15 is 0 Å². The third-order valence-electron chi connectivity index (χ3n) is 3.64. The van der Waals surface area contributed by atoms with Crippen molar-refractivity contribution in [2.24, 2.45) is 0 Å². The summed E-state index contributed by atoms with van der Waals surface area (Å²) in [7, 11) is -5.10. The molecule has 0 amide bonds. The Balaban J connectivity index is 2.28. The number of aliphatic hydroxyl groups is 1. The first kappa shape index (κ1) is 16.0. The Labute approximate surface area is 127 Å². The first-order valence-electron chi connectivity index (χ1n) is 6.41. The molecular formula is C10H13FN5O6P. The van der Waals surface area contributed by atoms with Crippen LogP contribution in [-0.4, -0.2) is 53.3 Å². The maximum absolute atomic E-state index is 14.0. The third kappa shape index (κ3) is 2.26. The number of anilines is 1. The fourth-order valence-corrected chi connectivity index (χ4v) is 3.68. The number of aromatic amines is 1. The van der Waals surface area contributed by atoms with Crippen molar-refractivity contribution in [3.63, 3.8) is 0 Å². The number of aliphatic hydroxyl groups excluding tert-OH is 1. The van der Waals surface area contributed by atoms with E-state index in [4.69, 9.17) is 15.6 Å². The van der Waals surface area contributed by atoms with E-state index in [2.05, 4.69) is 15.0 Å². The Hall–Kier alpha value is -1.85. The second kappa shape index (κ2) is 5.08. The predicted octanol–water partition coefficient (Wildman–Crippen LogP) is -1.39. The van der Waals surface area contributed by atoms with Crippen molar-refractivity contribution in [2.45, 2.75) is 24.2 Å². The average molecular weight is 349 g/mol. The lowest BCUT2D eigenvalue weighted by molar-refractivity contribution is -0.0717. The normalized spacial score (nSPS) is 28.5. The van der Waals surface area contributed by atoms with Gasteiger partial charge >= 0.3 is 7.60 Å². The summed E-state index contributed by atoms with van der Waals surface area (Å²) in [6, 6.07) is 0. The number of fused-ring (bicyclic) bond motifs is 1. The van der Waals surface area contributed by atoms with Gasteiger partial charge in [-0.1, -0.05) is 0 Å². The van der Waals surface area contributed by atoms with Crippen LogP contribution in [0.2, 0.25) is 0 Å². The molecule has 1 saturated heterocycles. The minimum atomic E-state index is -5.10. The molecule has 13 heteroatoms. The minimum Gasteiger partial charge on any atom is -0.394 e. The van der Waals surface area contributed by atoms with Gasteiger partial charge in [0, 0.05) is 6.42 Å². The van der Waals surface area contributed by atoms with Crippen molar-refractivity contribution in [1.82, 2.24) is 19.5 Å². The number of ether oxygens (including phenoxy) is 1. The third-order valence-corrected chi connectivity index (χ3v) is 5.06. The van der Waals surface area contributed by atoms with Gasteiger partial charge in [0.2, 0.25) is 5.95 Å². The van der Waals surface area contributed by atoms with Gasteiger partial charge in [-0.2, -0.15) is 4.98 Å². The lowest BCUT2D eigenvalue weighted by Gasteiger charge is -2.30. The van der Waals surface area contributed by atoms with Crippen molar-refractivity contribution in [1.29, 1.82) is 0 Å². The molecule has 3 heterocycles. The second-order valence-corrected chi connectivity index (χ2v) is 6.87. The summed E-state index contributed by atoms with van der Waals surface area (Å²) in [5.74, 6) is -0.307. The summed E-state index contributed by atoms with van der Waals surface area (Å²) in [5.41, 5.74) is 1.73. The van der Waals surface area contributed by atoms with Crippen LogP contribution >= 0.6 is 7.60 Å². The van der Waals surface area contributed by atoms with Gasteiger partial charge in [-0.05, 0) is 0 Å². The number of halogens is 1. The van der Waals surface area contributed by atoms with E-state index < -0.39 is 43.9 Å². The predicted molar refractivity (Wildman–Crippen MR) is 74.1 cm³/mol. The number of rotatable bonds is 3. The summed E-state index contributed by atoms with van der Waals surface area (Å²) in [5, 5.41) is 9.10. The lowest BCUT2D eigenvalue weighted by Crippen LogP contribution is -2.34. The molecule has 3 atom stereocenters. The number of nitrogen functional groups attached to an aromatic ring is 1. The van der Waals surface area contributed by atoms with E-state index in [1.807, 2.05) is 0 Å². The molecule has 2 aromatic rings. The first-order chi connectivity index (χ1) is 10.7.